The van der Waals surface area contributed by atoms with Crippen molar-refractivity contribution in [2.45, 2.75) is 12.8 Å². The number of carbonyl (C=O) groups is 3. The van der Waals surface area contributed by atoms with Crippen molar-refractivity contribution in [2.24, 2.45) is 11.3 Å². The SMILES string of the molecule is COC(=O)[C@]1(C(C)=O)[C@H](C=O)[C@H]1c1ccccc1. The Morgan fingerprint density at radius 2 is 1.89 bits per heavy atom. The number of esters is 1. The van der Waals surface area contributed by atoms with Crippen molar-refractivity contribution in [1.29, 1.82) is 0 Å². The summed E-state index contributed by atoms with van der Waals surface area (Å²) in [6.45, 7) is 1.33. The number of carbonyl (C=O) groups excluding carboxylic acids is 3. The smallest absolute Gasteiger partial charge is 0.320 e. The first kappa shape index (κ1) is 12.5. The molecule has 0 radical (unpaired) electrons. The number of benzene rings is 1. The minimum atomic E-state index is -1.32. The van der Waals surface area contributed by atoms with Crippen LogP contribution in [0, 0.1) is 11.3 Å². The van der Waals surface area contributed by atoms with Gasteiger partial charge in [-0.1, -0.05) is 30.3 Å². The first-order chi connectivity index (χ1) is 8.60. The molecular formula is C14H14O4. The molecule has 1 aliphatic rings. The van der Waals surface area contributed by atoms with Crippen molar-refractivity contribution < 1.29 is 19.1 Å². The normalized spacial score (nSPS) is 29.4. The van der Waals surface area contributed by atoms with E-state index in [4.69, 9.17) is 4.74 Å². The molecule has 0 aromatic heterocycles. The maximum Gasteiger partial charge on any atom is 0.320 e. The van der Waals surface area contributed by atoms with Crippen LogP contribution in [0.2, 0.25) is 0 Å². The molecule has 0 unspecified atom stereocenters. The highest BCUT2D eigenvalue weighted by Crippen LogP contribution is 2.64. The van der Waals surface area contributed by atoms with E-state index in [2.05, 4.69) is 0 Å². The highest BCUT2D eigenvalue weighted by Gasteiger charge is 2.74. The van der Waals surface area contributed by atoms with Gasteiger partial charge in [0.05, 0.1) is 7.11 Å². The van der Waals surface area contributed by atoms with E-state index >= 15 is 0 Å². The van der Waals surface area contributed by atoms with Gasteiger partial charge in [0.2, 0.25) is 0 Å². The summed E-state index contributed by atoms with van der Waals surface area (Å²) >= 11 is 0. The van der Waals surface area contributed by atoms with Gasteiger partial charge in [0.25, 0.3) is 0 Å². The summed E-state index contributed by atoms with van der Waals surface area (Å²) in [5.41, 5.74) is -0.507. The second-order valence-electron chi connectivity index (χ2n) is 4.47. The topological polar surface area (TPSA) is 60.4 Å². The Labute approximate surface area is 105 Å². The summed E-state index contributed by atoms with van der Waals surface area (Å²) in [7, 11) is 1.23. The molecule has 0 spiro atoms. The molecule has 0 N–H and O–H groups in total. The van der Waals surface area contributed by atoms with Gasteiger partial charge in [0.1, 0.15) is 17.5 Å². The monoisotopic (exact) mass is 246 g/mol. The molecule has 1 fully saturated rings. The van der Waals surface area contributed by atoms with Crippen molar-refractivity contribution in [3.8, 4) is 0 Å². The zero-order valence-corrected chi connectivity index (χ0v) is 10.3. The third kappa shape index (κ3) is 1.49. The van der Waals surface area contributed by atoms with E-state index in [0.29, 0.717) is 6.29 Å². The molecular weight excluding hydrogens is 232 g/mol. The van der Waals surface area contributed by atoms with Crippen LogP contribution in [0.25, 0.3) is 0 Å². The molecule has 1 saturated carbocycles. The summed E-state index contributed by atoms with van der Waals surface area (Å²) in [6.07, 6.45) is 0.677. The first-order valence-corrected chi connectivity index (χ1v) is 5.70. The zero-order chi connectivity index (χ0) is 13.3. The van der Waals surface area contributed by atoms with Crippen LogP contribution >= 0.6 is 0 Å². The summed E-state index contributed by atoms with van der Waals surface area (Å²) in [5, 5.41) is 0. The molecule has 2 rings (SSSR count). The minimum absolute atomic E-state index is 0.319. The fraction of sp³-hybridized carbons (Fsp3) is 0.357. The quantitative estimate of drug-likeness (QED) is 0.457. The average Bonchev–Trinajstić information content (AvgIpc) is 3.09. The van der Waals surface area contributed by atoms with Crippen LogP contribution in [0.15, 0.2) is 30.3 Å². The van der Waals surface area contributed by atoms with Gasteiger partial charge in [-0.25, -0.2) is 0 Å². The average molecular weight is 246 g/mol. The van der Waals surface area contributed by atoms with E-state index < -0.39 is 23.2 Å². The standard InChI is InChI=1S/C14H14O4/c1-9(16)14(13(17)18-2)11(8-15)12(14)10-6-4-3-5-7-10/h3-8,11-12H,1-2H3/t11-,12-,14-/m1/s1. The van der Waals surface area contributed by atoms with Crippen molar-refractivity contribution in [2.75, 3.05) is 7.11 Å². The first-order valence-electron chi connectivity index (χ1n) is 5.70. The predicted octanol–water partition coefficient (Wildman–Crippen LogP) is 1.35. The van der Waals surface area contributed by atoms with E-state index in [1.165, 1.54) is 14.0 Å². The van der Waals surface area contributed by atoms with Gasteiger partial charge in [-0.3, -0.25) is 9.59 Å². The Kier molecular flexibility index (Phi) is 3.03. The maximum absolute atomic E-state index is 11.9. The fourth-order valence-electron chi connectivity index (χ4n) is 2.76. The molecule has 1 aromatic rings. The molecule has 1 aromatic carbocycles. The van der Waals surface area contributed by atoms with Gasteiger partial charge in [-0.2, -0.15) is 0 Å². The van der Waals surface area contributed by atoms with Crippen LogP contribution in [-0.4, -0.2) is 25.1 Å². The second-order valence-corrected chi connectivity index (χ2v) is 4.47. The van der Waals surface area contributed by atoms with Gasteiger partial charge in [0.15, 0.2) is 0 Å². The maximum atomic E-state index is 11.9. The molecule has 4 nitrogen and oxygen atoms in total. The molecule has 94 valence electrons. The van der Waals surface area contributed by atoms with Crippen molar-refractivity contribution >= 4 is 18.0 Å². The van der Waals surface area contributed by atoms with E-state index in [-0.39, 0.29) is 5.78 Å². The summed E-state index contributed by atoms with van der Waals surface area (Å²) < 4.78 is 4.70. The summed E-state index contributed by atoms with van der Waals surface area (Å²) in [4.78, 5) is 34.8. The number of Topliss-reactive ketones (excluding diaryl/α,β-unsaturated/α-hetero) is 1. The van der Waals surface area contributed by atoms with E-state index in [9.17, 15) is 14.4 Å². The summed E-state index contributed by atoms with van der Waals surface area (Å²) in [5.74, 6) is -1.97. The number of ketones is 1. The van der Waals surface area contributed by atoms with E-state index in [1.807, 2.05) is 30.3 Å². The zero-order valence-electron chi connectivity index (χ0n) is 10.3. The molecule has 3 atom stereocenters. The number of hydrogen-bond acceptors (Lipinski definition) is 4. The van der Waals surface area contributed by atoms with Crippen LogP contribution in [0.5, 0.6) is 0 Å². The Hall–Kier alpha value is -1.97. The molecule has 1 aliphatic carbocycles. The van der Waals surface area contributed by atoms with Crippen molar-refractivity contribution in [1.82, 2.24) is 0 Å². The number of ether oxygens (including phenoxy) is 1. The third-order valence-corrected chi connectivity index (χ3v) is 3.68. The second kappa shape index (κ2) is 4.37. The molecule has 0 aliphatic heterocycles. The van der Waals surface area contributed by atoms with Gasteiger partial charge >= 0.3 is 5.97 Å². The molecule has 0 heterocycles. The lowest BCUT2D eigenvalue weighted by molar-refractivity contribution is -0.152. The van der Waals surface area contributed by atoms with Gasteiger partial charge in [0, 0.05) is 11.8 Å². The molecule has 4 heteroatoms. The third-order valence-electron chi connectivity index (χ3n) is 3.68. The van der Waals surface area contributed by atoms with Gasteiger partial charge in [-0.05, 0) is 12.5 Å². The van der Waals surface area contributed by atoms with Crippen LogP contribution < -0.4 is 0 Å². The number of methoxy groups -OCH3 is 1. The lowest BCUT2D eigenvalue weighted by Crippen LogP contribution is -2.29. The van der Waals surface area contributed by atoms with Crippen molar-refractivity contribution in [3.63, 3.8) is 0 Å². The summed E-state index contributed by atoms with van der Waals surface area (Å²) in [6, 6.07) is 9.11. The highest BCUT2D eigenvalue weighted by molar-refractivity contribution is 6.11. The Balaban J connectivity index is 2.46. The Bertz CT molecular complexity index is 494. The molecule has 0 saturated heterocycles. The van der Waals surface area contributed by atoms with Gasteiger partial charge in [-0.15, -0.1) is 0 Å². The van der Waals surface area contributed by atoms with E-state index in [0.717, 1.165) is 5.56 Å². The Morgan fingerprint density at radius 1 is 1.28 bits per heavy atom. The van der Waals surface area contributed by atoms with Crippen LogP contribution in [-0.2, 0) is 19.1 Å². The highest BCUT2D eigenvalue weighted by atomic mass is 16.5. The van der Waals surface area contributed by atoms with Crippen LogP contribution in [0.3, 0.4) is 0 Å². The number of aldehydes is 1. The van der Waals surface area contributed by atoms with Crippen LogP contribution in [0.4, 0.5) is 0 Å². The lowest BCUT2D eigenvalue weighted by Gasteiger charge is -2.11. The Morgan fingerprint density at radius 3 is 2.33 bits per heavy atom. The van der Waals surface area contributed by atoms with Gasteiger partial charge < -0.3 is 9.53 Å². The molecule has 0 bridgehead atoms. The fourth-order valence-corrected chi connectivity index (χ4v) is 2.76. The predicted molar refractivity (Wildman–Crippen MR) is 63.9 cm³/mol. The number of hydrogen-bond donors (Lipinski definition) is 0. The largest absolute Gasteiger partial charge is 0.468 e. The van der Waals surface area contributed by atoms with Crippen LogP contribution in [0.1, 0.15) is 18.4 Å². The number of rotatable bonds is 4. The lowest BCUT2D eigenvalue weighted by atomic mass is 9.94. The molecule has 0 amide bonds. The van der Waals surface area contributed by atoms with E-state index in [1.54, 1.807) is 0 Å². The molecule has 18 heavy (non-hydrogen) atoms. The van der Waals surface area contributed by atoms with Crippen molar-refractivity contribution in [3.05, 3.63) is 35.9 Å². The minimum Gasteiger partial charge on any atom is -0.468 e.